The predicted octanol–water partition coefficient (Wildman–Crippen LogP) is 0.742. The van der Waals surface area contributed by atoms with E-state index in [1.165, 1.54) is 0 Å². The summed E-state index contributed by atoms with van der Waals surface area (Å²) >= 11 is 0. The zero-order valence-electron chi connectivity index (χ0n) is 6.86. The van der Waals surface area contributed by atoms with Crippen molar-refractivity contribution in [3.8, 4) is 0 Å². The molecule has 0 bridgehead atoms. The molecule has 13 heavy (non-hydrogen) atoms. The summed E-state index contributed by atoms with van der Waals surface area (Å²) in [6.07, 6.45) is 1.35. The van der Waals surface area contributed by atoms with Gasteiger partial charge in [0, 0.05) is 0 Å². The third kappa shape index (κ3) is 1.21. The Labute approximate surface area is 74.0 Å². The molecule has 1 aliphatic carbocycles. The number of nitrogens with zero attached hydrogens (tertiary/aromatic N) is 1. The first-order valence-corrected chi connectivity index (χ1v) is 4.10. The number of fused-ring (bicyclic) bond motifs is 1. The molecule has 0 radical (unpaired) electrons. The molecule has 70 valence electrons. The molecular formula is C8H9NO4. The number of carboxylic acids is 1. The van der Waals surface area contributed by atoms with Gasteiger partial charge in [-0.25, -0.2) is 4.79 Å². The highest BCUT2D eigenvalue weighted by Crippen LogP contribution is 2.31. The minimum absolute atomic E-state index is 0.220. The van der Waals surface area contributed by atoms with Crippen molar-refractivity contribution in [2.45, 2.75) is 25.4 Å². The summed E-state index contributed by atoms with van der Waals surface area (Å²) in [6, 6.07) is 0. The van der Waals surface area contributed by atoms with Crippen LogP contribution in [0.3, 0.4) is 0 Å². The maximum Gasteiger partial charge on any atom is 0.375 e. The Hall–Kier alpha value is -1.36. The maximum absolute atomic E-state index is 10.6. The Bertz CT molecular complexity index is 344. The molecule has 5 nitrogen and oxygen atoms in total. The van der Waals surface area contributed by atoms with Crippen molar-refractivity contribution in [2.75, 3.05) is 0 Å². The molecule has 1 aromatic rings. The number of carboxylic acid groups (broad SMARTS) is 1. The minimum Gasteiger partial charge on any atom is -0.475 e. The van der Waals surface area contributed by atoms with Crippen LogP contribution in [0.25, 0.3) is 0 Å². The average molecular weight is 183 g/mol. The van der Waals surface area contributed by atoms with Crippen molar-refractivity contribution in [2.24, 2.45) is 0 Å². The Morgan fingerprint density at radius 1 is 1.62 bits per heavy atom. The summed E-state index contributed by atoms with van der Waals surface area (Å²) in [5.41, 5.74) is 0.940. The lowest BCUT2D eigenvalue weighted by Gasteiger charge is -2.15. The summed E-state index contributed by atoms with van der Waals surface area (Å²) < 4.78 is 4.64. The topological polar surface area (TPSA) is 83.6 Å². The summed E-state index contributed by atoms with van der Waals surface area (Å²) in [4.78, 5) is 10.6. The SMILES string of the molecule is O=C(O)c1onc2c1C(O)CCC2. The van der Waals surface area contributed by atoms with Gasteiger partial charge in [0.05, 0.1) is 17.4 Å². The van der Waals surface area contributed by atoms with Gasteiger partial charge in [0.15, 0.2) is 0 Å². The van der Waals surface area contributed by atoms with Crippen LogP contribution < -0.4 is 0 Å². The lowest BCUT2D eigenvalue weighted by atomic mass is 9.93. The number of aromatic nitrogens is 1. The fraction of sp³-hybridized carbons (Fsp3) is 0.500. The molecule has 1 aliphatic rings. The van der Waals surface area contributed by atoms with Crippen molar-refractivity contribution in [3.63, 3.8) is 0 Å². The van der Waals surface area contributed by atoms with E-state index < -0.39 is 12.1 Å². The fourth-order valence-electron chi connectivity index (χ4n) is 1.62. The van der Waals surface area contributed by atoms with Gasteiger partial charge in [-0.15, -0.1) is 0 Å². The molecule has 2 N–H and O–H groups in total. The van der Waals surface area contributed by atoms with Gasteiger partial charge in [0.1, 0.15) is 0 Å². The molecule has 1 atom stereocenters. The minimum atomic E-state index is -1.17. The van der Waals surface area contributed by atoms with E-state index in [9.17, 15) is 9.90 Å². The van der Waals surface area contributed by atoms with Crippen LogP contribution in [-0.2, 0) is 6.42 Å². The third-order valence-electron chi connectivity index (χ3n) is 2.22. The molecule has 1 aromatic heterocycles. The van der Waals surface area contributed by atoms with Crippen LogP contribution in [0.15, 0.2) is 4.52 Å². The van der Waals surface area contributed by atoms with Gasteiger partial charge >= 0.3 is 5.97 Å². The van der Waals surface area contributed by atoms with E-state index in [-0.39, 0.29) is 5.76 Å². The Morgan fingerprint density at radius 2 is 2.38 bits per heavy atom. The van der Waals surface area contributed by atoms with Crippen LogP contribution in [0, 0.1) is 0 Å². The normalized spacial score (nSPS) is 21.2. The van der Waals surface area contributed by atoms with Gasteiger partial charge in [0.2, 0.25) is 5.76 Å². The fourth-order valence-corrected chi connectivity index (χ4v) is 1.62. The largest absolute Gasteiger partial charge is 0.475 e. The van der Waals surface area contributed by atoms with Crippen molar-refractivity contribution in [1.82, 2.24) is 5.16 Å². The summed E-state index contributed by atoms with van der Waals surface area (Å²) in [7, 11) is 0. The lowest BCUT2D eigenvalue weighted by Crippen LogP contribution is -2.11. The molecule has 0 spiro atoms. The molecule has 5 heteroatoms. The Balaban J connectivity index is 2.50. The molecular weight excluding hydrogens is 174 g/mol. The summed E-state index contributed by atoms with van der Waals surface area (Å²) in [5.74, 6) is -1.39. The van der Waals surface area contributed by atoms with Crippen LogP contribution in [0.1, 0.15) is 40.8 Å². The number of carbonyl (C=O) groups is 1. The van der Waals surface area contributed by atoms with Gasteiger partial charge in [-0.3, -0.25) is 0 Å². The zero-order valence-corrected chi connectivity index (χ0v) is 6.86. The van der Waals surface area contributed by atoms with Crippen molar-refractivity contribution < 1.29 is 19.5 Å². The quantitative estimate of drug-likeness (QED) is 0.670. The molecule has 1 heterocycles. The van der Waals surface area contributed by atoms with Crippen LogP contribution in [0.5, 0.6) is 0 Å². The van der Waals surface area contributed by atoms with Crippen molar-refractivity contribution in [1.29, 1.82) is 0 Å². The van der Waals surface area contributed by atoms with E-state index in [1.54, 1.807) is 0 Å². The summed E-state index contributed by atoms with van der Waals surface area (Å²) in [6.45, 7) is 0. The van der Waals surface area contributed by atoms with Crippen LogP contribution in [-0.4, -0.2) is 21.3 Å². The Kier molecular flexibility index (Phi) is 1.81. The van der Waals surface area contributed by atoms with Crippen molar-refractivity contribution >= 4 is 5.97 Å². The second kappa shape index (κ2) is 2.85. The molecule has 0 saturated heterocycles. The maximum atomic E-state index is 10.6. The number of rotatable bonds is 1. The van der Waals surface area contributed by atoms with E-state index in [2.05, 4.69) is 9.68 Å². The zero-order chi connectivity index (χ0) is 9.42. The number of aliphatic hydroxyl groups is 1. The smallest absolute Gasteiger partial charge is 0.375 e. The first-order valence-electron chi connectivity index (χ1n) is 4.10. The second-order valence-electron chi connectivity index (χ2n) is 3.09. The van der Waals surface area contributed by atoms with E-state index in [4.69, 9.17) is 5.11 Å². The summed E-state index contributed by atoms with van der Waals surface area (Å²) in [5, 5.41) is 21.8. The van der Waals surface area contributed by atoms with Crippen LogP contribution in [0.4, 0.5) is 0 Å². The monoisotopic (exact) mass is 183 g/mol. The standard InChI is InChI=1S/C8H9NO4/c10-5-3-1-2-4-6(5)7(8(11)12)13-9-4/h5,10H,1-3H2,(H,11,12). The van der Waals surface area contributed by atoms with Gasteiger partial charge < -0.3 is 14.7 Å². The van der Waals surface area contributed by atoms with Gasteiger partial charge in [0.25, 0.3) is 0 Å². The van der Waals surface area contributed by atoms with Crippen molar-refractivity contribution in [3.05, 3.63) is 17.0 Å². The number of aryl methyl sites for hydroxylation is 1. The number of aromatic carboxylic acids is 1. The molecule has 0 amide bonds. The lowest BCUT2D eigenvalue weighted by molar-refractivity contribution is 0.0640. The Morgan fingerprint density at radius 3 is 3.08 bits per heavy atom. The van der Waals surface area contributed by atoms with E-state index in [1.807, 2.05) is 0 Å². The van der Waals surface area contributed by atoms with E-state index >= 15 is 0 Å². The average Bonchev–Trinajstić information content (AvgIpc) is 2.49. The first-order chi connectivity index (χ1) is 6.20. The van der Waals surface area contributed by atoms with E-state index in [0.717, 1.165) is 6.42 Å². The van der Waals surface area contributed by atoms with Gasteiger partial charge in [-0.2, -0.15) is 0 Å². The molecule has 1 unspecified atom stereocenters. The predicted molar refractivity (Wildman–Crippen MR) is 41.4 cm³/mol. The molecule has 2 rings (SSSR count). The van der Waals surface area contributed by atoms with E-state index in [0.29, 0.717) is 24.1 Å². The first kappa shape index (κ1) is 8.25. The number of hydrogen-bond acceptors (Lipinski definition) is 4. The highest BCUT2D eigenvalue weighted by atomic mass is 16.5. The molecule has 0 aliphatic heterocycles. The molecule has 0 saturated carbocycles. The van der Waals surface area contributed by atoms with Gasteiger partial charge in [-0.1, -0.05) is 5.16 Å². The van der Waals surface area contributed by atoms with Crippen LogP contribution >= 0.6 is 0 Å². The van der Waals surface area contributed by atoms with Gasteiger partial charge in [-0.05, 0) is 19.3 Å². The molecule has 0 aromatic carbocycles. The van der Waals surface area contributed by atoms with Crippen LogP contribution in [0.2, 0.25) is 0 Å². The highest BCUT2D eigenvalue weighted by molar-refractivity contribution is 5.86. The molecule has 0 fully saturated rings. The second-order valence-corrected chi connectivity index (χ2v) is 3.09. The third-order valence-corrected chi connectivity index (χ3v) is 2.22. The highest BCUT2D eigenvalue weighted by Gasteiger charge is 2.29. The number of aliphatic hydroxyl groups excluding tert-OH is 1. The number of hydrogen-bond donors (Lipinski definition) is 2.